The van der Waals surface area contributed by atoms with Gasteiger partial charge in [0, 0.05) is 5.39 Å². The van der Waals surface area contributed by atoms with E-state index in [1.165, 1.54) is 6.07 Å². The van der Waals surface area contributed by atoms with Crippen molar-refractivity contribution in [3.05, 3.63) is 40.1 Å². The first-order chi connectivity index (χ1) is 8.04. The molecule has 0 spiro atoms. The molecule has 0 fully saturated rings. The molecule has 0 radical (unpaired) electrons. The molecule has 0 aliphatic heterocycles. The zero-order chi connectivity index (χ0) is 12.6. The third-order valence-electron chi connectivity index (χ3n) is 2.35. The Morgan fingerprint density at radius 3 is 2.76 bits per heavy atom. The number of fused-ring (bicyclic) bond motifs is 1. The van der Waals surface area contributed by atoms with Crippen LogP contribution < -0.4 is 5.56 Å². The maximum absolute atomic E-state index is 12.9. The van der Waals surface area contributed by atoms with Crippen molar-refractivity contribution >= 4 is 16.7 Å². The van der Waals surface area contributed by atoms with E-state index in [1.807, 2.05) is 0 Å². The zero-order valence-corrected chi connectivity index (χ0v) is 8.78. The predicted octanol–water partition coefficient (Wildman–Crippen LogP) is 1.16. The number of aromatic hydroxyl groups is 1. The number of methoxy groups -OCH3 is 1. The van der Waals surface area contributed by atoms with E-state index in [4.69, 9.17) is 0 Å². The molecule has 0 atom stereocenters. The minimum Gasteiger partial charge on any atom is -0.505 e. The van der Waals surface area contributed by atoms with Crippen LogP contribution in [-0.4, -0.2) is 23.2 Å². The van der Waals surface area contributed by atoms with E-state index in [0.29, 0.717) is 0 Å². The molecular formula is C11H8FNO4. The summed E-state index contributed by atoms with van der Waals surface area (Å²) >= 11 is 0. The number of esters is 1. The predicted molar refractivity (Wildman–Crippen MR) is 57.5 cm³/mol. The summed E-state index contributed by atoms with van der Waals surface area (Å²) in [6, 6.07) is 3.29. The zero-order valence-electron chi connectivity index (χ0n) is 8.78. The van der Waals surface area contributed by atoms with Crippen molar-refractivity contribution in [2.45, 2.75) is 0 Å². The number of pyridine rings is 1. The van der Waals surface area contributed by atoms with Gasteiger partial charge in [-0.1, -0.05) is 0 Å². The monoisotopic (exact) mass is 237 g/mol. The van der Waals surface area contributed by atoms with Gasteiger partial charge in [0.25, 0.3) is 5.56 Å². The molecule has 0 bridgehead atoms. The molecule has 1 aromatic heterocycles. The molecule has 2 aromatic rings. The number of hydrogen-bond donors (Lipinski definition) is 2. The molecule has 2 rings (SSSR count). The highest BCUT2D eigenvalue weighted by molar-refractivity contribution is 5.98. The third-order valence-corrected chi connectivity index (χ3v) is 2.35. The number of H-pyrrole nitrogens is 1. The topological polar surface area (TPSA) is 79.4 Å². The number of aromatic nitrogens is 1. The highest BCUT2D eigenvalue weighted by Crippen LogP contribution is 2.25. The molecular weight excluding hydrogens is 229 g/mol. The van der Waals surface area contributed by atoms with E-state index in [0.717, 1.165) is 19.2 Å². The SMILES string of the molecule is COC(=O)c1[nH]c(=O)c2cc(F)ccc2c1O. The Hall–Kier alpha value is -2.37. The van der Waals surface area contributed by atoms with Gasteiger partial charge in [-0.3, -0.25) is 4.79 Å². The van der Waals surface area contributed by atoms with Gasteiger partial charge >= 0.3 is 5.97 Å². The van der Waals surface area contributed by atoms with Gasteiger partial charge in [-0.05, 0) is 18.2 Å². The molecule has 0 unspecified atom stereocenters. The second-order valence-corrected chi connectivity index (χ2v) is 3.36. The fourth-order valence-electron chi connectivity index (χ4n) is 1.54. The van der Waals surface area contributed by atoms with E-state index >= 15 is 0 Å². The van der Waals surface area contributed by atoms with Crippen molar-refractivity contribution in [1.29, 1.82) is 0 Å². The van der Waals surface area contributed by atoms with Crippen LogP contribution in [0.1, 0.15) is 10.5 Å². The molecule has 0 amide bonds. The van der Waals surface area contributed by atoms with Crippen LogP contribution in [0.3, 0.4) is 0 Å². The minimum absolute atomic E-state index is 0.0323. The third kappa shape index (κ3) is 1.73. The van der Waals surface area contributed by atoms with E-state index in [1.54, 1.807) is 0 Å². The first-order valence-electron chi connectivity index (χ1n) is 4.67. The summed E-state index contributed by atoms with van der Waals surface area (Å²) in [5.41, 5.74) is -1.02. The minimum atomic E-state index is -0.870. The molecule has 0 saturated carbocycles. The van der Waals surface area contributed by atoms with Crippen LogP contribution in [-0.2, 0) is 4.74 Å². The molecule has 0 saturated heterocycles. The van der Waals surface area contributed by atoms with Crippen LogP contribution in [0.4, 0.5) is 4.39 Å². The largest absolute Gasteiger partial charge is 0.505 e. The van der Waals surface area contributed by atoms with Gasteiger partial charge in [0.1, 0.15) is 5.82 Å². The van der Waals surface area contributed by atoms with Crippen molar-refractivity contribution in [1.82, 2.24) is 4.98 Å². The van der Waals surface area contributed by atoms with Gasteiger partial charge in [0.2, 0.25) is 0 Å². The summed E-state index contributed by atoms with van der Waals surface area (Å²) in [5, 5.41) is 9.83. The molecule has 0 aliphatic rings. The van der Waals surface area contributed by atoms with E-state index < -0.39 is 23.1 Å². The number of carbonyl (C=O) groups is 1. The summed E-state index contributed by atoms with van der Waals surface area (Å²) in [5.74, 6) is -1.91. The van der Waals surface area contributed by atoms with Gasteiger partial charge in [0.15, 0.2) is 11.4 Å². The molecule has 0 aliphatic carbocycles. The first-order valence-corrected chi connectivity index (χ1v) is 4.67. The van der Waals surface area contributed by atoms with Crippen LogP contribution in [0.15, 0.2) is 23.0 Å². The number of halogens is 1. The van der Waals surface area contributed by atoms with E-state index in [-0.39, 0.29) is 16.5 Å². The van der Waals surface area contributed by atoms with E-state index in [2.05, 4.69) is 9.72 Å². The highest BCUT2D eigenvalue weighted by Gasteiger charge is 2.17. The van der Waals surface area contributed by atoms with Crippen LogP contribution in [0.5, 0.6) is 5.75 Å². The lowest BCUT2D eigenvalue weighted by Gasteiger charge is -2.05. The fraction of sp³-hybridized carbons (Fsp3) is 0.0909. The Morgan fingerprint density at radius 2 is 2.12 bits per heavy atom. The van der Waals surface area contributed by atoms with Crippen LogP contribution in [0.25, 0.3) is 10.8 Å². The van der Waals surface area contributed by atoms with Gasteiger partial charge in [-0.2, -0.15) is 0 Å². The second-order valence-electron chi connectivity index (χ2n) is 3.36. The molecule has 2 N–H and O–H groups in total. The summed E-state index contributed by atoms with van der Waals surface area (Å²) in [4.78, 5) is 25.0. The molecule has 6 heteroatoms. The number of nitrogens with one attached hydrogen (secondary N) is 1. The number of ether oxygens (including phenoxy) is 1. The maximum Gasteiger partial charge on any atom is 0.358 e. The molecule has 1 aromatic carbocycles. The number of benzene rings is 1. The fourth-order valence-corrected chi connectivity index (χ4v) is 1.54. The van der Waals surface area contributed by atoms with Crippen molar-refractivity contribution in [2.75, 3.05) is 7.11 Å². The Morgan fingerprint density at radius 1 is 1.41 bits per heavy atom. The maximum atomic E-state index is 12.9. The van der Waals surface area contributed by atoms with Gasteiger partial charge < -0.3 is 14.8 Å². The van der Waals surface area contributed by atoms with Crippen LogP contribution in [0.2, 0.25) is 0 Å². The van der Waals surface area contributed by atoms with Crippen LogP contribution in [0, 0.1) is 5.82 Å². The average Bonchev–Trinajstić information content (AvgIpc) is 2.32. The summed E-state index contributed by atoms with van der Waals surface area (Å²) in [6.45, 7) is 0. The summed E-state index contributed by atoms with van der Waals surface area (Å²) < 4.78 is 17.3. The molecule has 88 valence electrons. The van der Waals surface area contributed by atoms with Gasteiger partial charge in [-0.25, -0.2) is 9.18 Å². The van der Waals surface area contributed by atoms with Crippen molar-refractivity contribution in [3.8, 4) is 5.75 Å². The molecule has 5 nitrogen and oxygen atoms in total. The first kappa shape index (κ1) is 11.1. The number of aromatic amines is 1. The standard InChI is InChI=1S/C11H8FNO4/c1-17-11(16)8-9(14)6-3-2-5(12)4-7(6)10(15)13-8/h2-4,14H,1H3,(H,13,15). The lowest BCUT2D eigenvalue weighted by molar-refractivity contribution is 0.0590. The lowest BCUT2D eigenvalue weighted by Crippen LogP contribution is -2.14. The smallest absolute Gasteiger partial charge is 0.358 e. The molecule has 1 heterocycles. The van der Waals surface area contributed by atoms with E-state index in [9.17, 15) is 19.1 Å². The normalized spacial score (nSPS) is 10.5. The van der Waals surface area contributed by atoms with Gasteiger partial charge in [0.05, 0.1) is 12.5 Å². The number of hydrogen-bond acceptors (Lipinski definition) is 4. The Kier molecular flexibility index (Phi) is 2.55. The summed E-state index contributed by atoms with van der Waals surface area (Å²) in [6.07, 6.45) is 0. The van der Waals surface area contributed by atoms with Gasteiger partial charge in [-0.15, -0.1) is 0 Å². The van der Waals surface area contributed by atoms with Crippen molar-refractivity contribution < 1.29 is 19.0 Å². The number of rotatable bonds is 1. The molecule has 17 heavy (non-hydrogen) atoms. The lowest BCUT2D eigenvalue weighted by atomic mass is 10.1. The Labute approximate surface area is 94.5 Å². The average molecular weight is 237 g/mol. The Balaban J connectivity index is 2.86. The van der Waals surface area contributed by atoms with Crippen LogP contribution >= 0.6 is 0 Å². The van der Waals surface area contributed by atoms with Crippen molar-refractivity contribution in [2.24, 2.45) is 0 Å². The number of carbonyl (C=O) groups excluding carboxylic acids is 1. The second kappa shape index (κ2) is 3.89. The summed E-state index contributed by atoms with van der Waals surface area (Å²) in [7, 11) is 1.12. The quantitative estimate of drug-likeness (QED) is 0.729. The van der Waals surface area contributed by atoms with Crippen molar-refractivity contribution in [3.63, 3.8) is 0 Å². The highest BCUT2D eigenvalue weighted by atomic mass is 19.1. The Bertz CT molecular complexity index is 662.